The quantitative estimate of drug-likeness (QED) is 0.670. The van der Waals surface area contributed by atoms with Crippen LogP contribution in [0.2, 0.25) is 0 Å². The Kier molecular flexibility index (Phi) is 5.79. The van der Waals surface area contributed by atoms with Crippen molar-refractivity contribution in [3.05, 3.63) is 35.9 Å². The molecule has 0 heterocycles. The molecule has 0 aliphatic carbocycles. The van der Waals surface area contributed by atoms with E-state index in [1.807, 2.05) is 7.05 Å². The van der Waals surface area contributed by atoms with Gasteiger partial charge in [-0.1, -0.05) is 37.3 Å². The van der Waals surface area contributed by atoms with E-state index in [2.05, 4.69) is 54.1 Å². The van der Waals surface area contributed by atoms with Crippen LogP contribution in [0, 0.1) is 0 Å². The van der Waals surface area contributed by atoms with Crippen molar-refractivity contribution >= 4 is 5.71 Å². The summed E-state index contributed by atoms with van der Waals surface area (Å²) in [5, 5.41) is 0. The van der Waals surface area contributed by atoms with E-state index in [0.29, 0.717) is 0 Å². The maximum Gasteiger partial charge on any atom is 0.0364 e. The molecule has 0 bridgehead atoms. The molecule has 2 nitrogen and oxygen atoms in total. The summed E-state index contributed by atoms with van der Waals surface area (Å²) < 4.78 is 0. The minimum absolute atomic E-state index is 0.971. The topological polar surface area (TPSA) is 15.6 Å². The van der Waals surface area contributed by atoms with Gasteiger partial charge in [0.25, 0.3) is 0 Å². The van der Waals surface area contributed by atoms with Crippen molar-refractivity contribution in [3.63, 3.8) is 0 Å². The van der Waals surface area contributed by atoms with E-state index in [9.17, 15) is 0 Å². The zero-order valence-corrected chi connectivity index (χ0v) is 10.6. The highest BCUT2D eigenvalue weighted by molar-refractivity contribution is 5.83. The second kappa shape index (κ2) is 7.18. The molecule has 0 aliphatic rings. The average molecular weight is 218 g/mol. The summed E-state index contributed by atoms with van der Waals surface area (Å²) in [6, 6.07) is 10.6. The van der Waals surface area contributed by atoms with Crippen LogP contribution in [-0.4, -0.2) is 30.7 Å². The van der Waals surface area contributed by atoms with E-state index in [1.165, 1.54) is 17.7 Å². The molecule has 16 heavy (non-hydrogen) atoms. The Balaban J connectivity index is 2.57. The summed E-state index contributed by atoms with van der Waals surface area (Å²) >= 11 is 0. The highest BCUT2D eigenvalue weighted by Crippen LogP contribution is 2.05. The third-order valence-electron chi connectivity index (χ3n) is 2.62. The zero-order valence-electron chi connectivity index (χ0n) is 10.6. The minimum atomic E-state index is 0.971. The van der Waals surface area contributed by atoms with Crippen molar-refractivity contribution in [1.29, 1.82) is 0 Å². The van der Waals surface area contributed by atoms with Crippen molar-refractivity contribution in [2.75, 3.05) is 20.1 Å². The maximum absolute atomic E-state index is 4.23. The van der Waals surface area contributed by atoms with Crippen molar-refractivity contribution in [1.82, 2.24) is 4.90 Å². The monoisotopic (exact) mass is 218 g/mol. The first-order valence-electron chi connectivity index (χ1n) is 5.94. The van der Waals surface area contributed by atoms with Crippen LogP contribution in [0.25, 0.3) is 0 Å². The molecule has 1 rings (SSSR count). The molecule has 0 radical (unpaired) electrons. The Bertz CT molecular complexity index is 317. The Morgan fingerprint density at radius 1 is 1.25 bits per heavy atom. The molecule has 0 fully saturated rings. The second-order valence-electron chi connectivity index (χ2n) is 4.16. The van der Waals surface area contributed by atoms with Crippen LogP contribution >= 0.6 is 0 Å². The third kappa shape index (κ3) is 4.58. The molecule has 0 saturated carbocycles. The molecule has 88 valence electrons. The average Bonchev–Trinajstić information content (AvgIpc) is 2.30. The summed E-state index contributed by atoms with van der Waals surface area (Å²) in [4.78, 5) is 6.67. The molecule has 0 aromatic heterocycles. The Hall–Kier alpha value is -1.15. The summed E-state index contributed by atoms with van der Waals surface area (Å²) in [5.74, 6) is 0. The van der Waals surface area contributed by atoms with E-state index in [0.717, 1.165) is 19.6 Å². The van der Waals surface area contributed by atoms with Gasteiger partial charge < -0.3 is 0 Å². The van der Waals surface area contributed by atoms with Crippen molar-refractivity contribution < 1.29 is 0 Å². The van der Waals surface area contributed by atoms with Gasteiger partial charge in [-0.05, 0) is 25.5 Å². The molecular formula is C14H22N2. The summed E-state index contributed by atoms with van der Waals surface area (Å²) in [5.41, 5.74) is 2.57. The van der Waals surface area contributed by atoms with Crippen LogP contribution in [0.3, 0.4) is 0 Å². The summed E-state index contributed by atoms with van der Waals surface area (Å²) in [7, 11) is 1.86. The highest BCUT2D eigenvalue weighted by atomic mass is 15.1. The van der Waals surface area contributed by atoms with E-state index >= 15 is 0 Å². The molecule has 0 spiro atoms. The van der Waals surface area contributed by atoms with Gasteiger partial charge >= 0.3 is 0 Å². The second-order valence-corrected chi connectivity index (χ2v) is 4.16. The molecule has 1 aromatic carbocycles. The fourth-order valence-corrected chi connectivity index (χ4v) is 1.77. The van der Waals surface area contributed by atoms with Gasteiger partial charge in [0.05, 0.1) is 0 Å². The van der Waals surface area contributed by atoms with Crippen LogP contribution in [0.15, 0.2) is 35.3 Å². The number of benzene rings is 1. The maximum atomic E-state index is 4.23. The molecule has 0 N–H and O–H groups in total. The molecule has 0 amide bonds. The van der Waals surface area contributed by atoms with Gasteiger partial charge in [0, 0.05) is 25.8 Å². The van der Waals surface area contributed by atoms with Gasteiger partial charge in [-0.3, -0.25) is 9.89 Å². The zero-order chi connectivity index (χ0) is 11.8. The van der Waals surface area contributed by atoms with E-state index < -0.39 is 0 Å². The molecule has 0 saturated heterocycles. The molecule has 0 atom stereocenters. The highest BCUT2D eigenvalue weighted by Gasteiger charge is 2.05. The first-order chi connectivity index (χ1) is 7.76. The summed E-state index contributed by atoms with van der Waals surface area (Å²) in [6.07, 6.45) is 1.18. The van der Waals surface area contributed by atoms with E-state index in [4.69, 9.17) is 0 Å². The third-order valence-corrected chi connectivity index (χ3v) is 2.62. The van der Waals surface area contributed by atoms with Crippen molar-refractivity contribution in [2.45, 2.75) is 26.8 Å². The van der Waals surface area contributed by atoms with Gasteiger partial charge in [-0.25, -0.2) is 0 Å². The van der Waals surface area contributed by atoms with Crippen LogP contribution in [-0.2, 0) is 6.54 Å². The minimum Gasteiger partial charge on any atom is -0.296 e. The van der Waals surface area contributed by atoms with Gasteiger partial charge in [-0.15, -0.1) is 0 Å². The fourth-order valence-electron chi connectivity index (χ4n) is 1.77. The first-order valence-corrected chi connectivity index (χ1v) is 5.94. The number of hydrogen-bond donors (Lipinski definition) is 0. The van der Waals surface area contributed by atoms with E-state index in [-0.39, 0.29) is 0 Å². The molecule has 2 heteroatoms. The molecule has 1 aromatic rings. The van der Waals surface area contributed by atoms with E-state index in [1.54, 1.807) is 0 Å². The van der Waals surface area contributed by atoms with Crippen LogP contribution in [0.4, 0.5) is 0 Å². The standard InChI is InChI=1S/C14H22N2/c1-4-10-16(11-13(2)15-3)12-14-8-6-5-7-9-14/h5-9H,4,10-12H2,1-3H3. The Labute approximate surface area is 99.0 Å². The number of hydrogen-bond acceptors (Lipinski definition) is 2. The van der Waals surface area contributed by atoms with Crippen molar-refractivity contribution in [3.8, 4) is 0 Å². The lowest BCUT2D eigenvalue weighted by molar-refractivity contribution is 0.303. The first kappa shape index (κ1) is 12.9. The summed E-state index contributed by atoms with van der Waals surface area (Å²) in [6.45, 7) is 7.42. The van der Waals surface area contributed by atoms with Crippen molar-refractivity contribution in [2.24, 2.45) is 4.99 Å². The van der Waals surface area contributed by atoms with Crippen LogP contribution in [0.1, 0.15) is 25.8 Å². The molecule has 0 unspecified atom stereocenters. The lowest BCUT2D eigenvalue weighted by Gasteiger charge is -2.21. The van der Waals surface area contributed by atoms with Gasteiger partial charge in [-0.2, -0.15) is 0 Å². The largest absolute Gasteiger partial charge is 0.296 e. The van der Waals surface area contributed by atoms with Crippen LogP contribution in [0.5, 0.6) is 0 Å². The van der Waals surface area contributed by atoms with Gasteiger partial charge in [0.2, 0.25) is 0 Å². The SMILES string of the molecule is CCCN(CC(C)=NC)Cc1ccccc1. The Morgan fingerprint density at radius 3 is 2.50 bits per heavy atom. The van der Waals surface area contributed by atoms with Gasteiger partial charge in [0.1, 0.15) is 0 Å². The van der Waals surface area contributed by atoms with Crippen LogP contribution < -0.4 is 0 Å². The normalized spacial score (nSPS) is 12.1. The molecule has 0 aliphatic heterocycles. The predicted molar refractivity (Wildman–Crippen MR) is 71.0 cm³/mol. The lowest BCUT2D eigenvalue weighted by atomic mass is 10.2. The lowest BCUT2D eigenvalue weighted by Crippen LogP contribution is -2.29. The molecular weight excluding hydrogens is 196 g/mol. The number of aliphatic imine (C=N–C) groups is 1. The fraction of sp³-hybridized carbons (Fsp3) is 0.500. The predicted octanol–water partition coefficient (Wildman–Crippen LogP) is 2.99. The number of rotatable bonds is 6. The number of nitrogens with zero attached hydrogens (tertiary/aromatic N) is 2. The Morgan fingerprint density at radius 2 is 1.94 bits per heavy atom. The van der Waals surface area contributed by atoms with Gasteiger partial charge in [0.15, 0.2) is 0 Å². The smallest absolute Gasteiger partial charge is 0.0364 e.